The topological polar surface area (TPSA) is 76.9 Å². The van der Waals surface area contributed by atoms with Gasteiger partial charge in [-0.25, -0.2) is 9.07 Å². The van der Waals surface area contributed by atoms with Crippen LogP contribution in [0.1, 0.15) is 21.7 Å². The minimum Gasteiger partial charge on any atom is -0.319 e. The predicted molar refractivity (Wildman–Crippen MR) is 91.5 cm³/mol. The lowest BCUT2D eigenvalue weighted by atomic mass is 10.2. The maximum Gasteiger partial charge on any atom is 0.280 e. The molecule has 25 heavy (non-hydrogen) atoms. The van der Waals surface area contributed by atoms with Gasteiger partial charge in [0.25, 0.3) is 5.91 Å². The molecule has 0 radical (unpaired) electrons. The van der Waals surface area contributed by atoms with Crippen molar-refractivity contribution < 1.29 is 9.18 Å². The number of nitrogens with zero attached hydrogens (tertiary/aromatic N) is 3. The third-order valence-electron chi connectivity index (χ3n) is 3.69. The Bertz CT molecular complexity index is 1010. The number of anilines is 1. The van der Waals surface area contributed by atoms with Gasteiger partial charge in [0.1, 0.15) is 11.5 Å². The molecule has 0 fully saturated rings. The Labute approximate surface area is 143 Å². The van der Waals surface area contributed by atoms with Crippen LogP contribution in [-0.4, -0.2) is 20.7 Å². The smallest absolute Gasteiger partial charge is 0.280 e. The van der Waals surface area contributed by atoms with Crippen LogP contribution in [-0.2, 0) is 0 Å². The largest absolute Gasteiger partial charge is 0.319 e. The van der Waals surface area contributed by atoms with Gasteiger partial charge in [0.05, 0.1) is 11.9 Å². The van der Waals surface area contributed by atoms with E-state index in [2.05, 4.69) is 15.4 Å². The van der Waals surface area contributed by atoms with E-state index >= 15 is 0 Å². The molecule has 126 valence electrons. The fraction of sp³-hybridized carbons (Fsp3) is 0.111. The summed E-state index contributed by atoms with van der Waals surface area (Å²) in [5.74, 6) is -1.18. The summed E-state index contributed by atoms with van der Waals surface area (Å²) in [5.41, 5.74) is 0.994. The van der Waals surface area contributed by atoms with E-state index < -0.39 is 17.2 Å². The molecule has 1 amide bonds. The second kappa shape index (κ2) is 6.64. The van der Waals surface area contributed by atoms with Gasteiger partial charge in [-0.3, -0.25) is 14.6 Å². The van der Waals surface area contributed by atoms with Gasteiger partial charge in [0.15, 0.2) is 5.69 Å². The first-order chi connectivity index (χ1) is 12.0. The van der Waals surface area contributed by atoms with E-state index in [4.69, 9.17) is 0 Å². The number of hydrogen-bond acceptors (Lipinski definition) is 4. The molecule has 7 heteroatoms. The van der Waals surface area contributed by atoms with Gasteiger partial charge >= 0.3 is 0 Å². The van der Waals surface area contributed by atoms with E-state index in [0.717, 1.165) is 5.56 Å². The van der Waals surface area contributed by atoms with Crippen LogP contribution in [0.25, 0.3) is 5.69 Å². The molecular weight excluding hydrogens is 323 g/mol. The van der Waals surface area contributed by atoms with Crippen LogP contribution in [0.15, 0.2) is 53.6 Å². The summed E-state index contributed by atoms with van der Waals surface area (Å²) in [4.78, 5) is 28.6. The summed E-state index contributed by atoms with van der Waals surface area (Å²) in [6, 6.07) is 8.99. The Hall–Kier alpha value is -3.35. The average molecular weight is 338 g/mol. The number of aryl methyl sites for hydroxylation is 2. The molecule has 1 N–H and O–H groups in total. The van der Waals surface area contributed by atoms with Crippen molar-refractivity contribution >= 4 is 11.6 Å². The maximum atomic E-state index is 14.0. The second-order valence-corrected chi connectivity index (χ2v) is 5.51. The number of aromatic nitrogens is 3. The SMILES string of the molecule is Cc1ccncc1NC(=O)c1nn(-c2ccccc2F)c(C)cc1=O. The molecule has 0 aliphatic heterocycles. The first-order valence-corrected chi connectivity index (χ1v) is 7.55. The van der Waals surface area contributed by atoms with Crippen LogP contribution in [0.2, 0.25) is 0 Å². The second-order valence-electron chi connectivity index (χ2n) is 5.51. The minimum atomic E-state index is -0.675. The van der Waals surface area contributed by atoms with Crippen LogP contribution >= 0.6 is 0 Å². The van der Waals surface area contributed by atoms with Crippen molar-refractivity contribution in [2.75, 3.05) is 5.32 Å². The number of nitrogens with one attached hydrogen (secondary N) is 1. The molecule has 0 bridgehead atoms. The van der Waals surface area contributed by atoms with Crippen molar-refractivity contribution in [2.45, 2.75) is 13.8 Å². The van der Waals surface area contributed by atoms with E-state index in [1.165, 1.54) is 29.1 Å². The fourth-order valence-corrected chi connectivity index (χ4v) is 2.35. The van der Waals surface area contributed by atoms with E-state index in [1.807, 2.05) is 0 Å². The van der Waals surface area contributed by atoms with E-state index in [0.29, 0.717) is 11.4 Å². The summed E-state index contributed by atoms with van der Waals surface area (Å²) >= 11 is 0. The molecule has 2 heterocycles. The van der Waals surface area contributed by atoms with Gasteiger partial charge in [-0.2, -0.15) is 5.10 Å². The minimum absolute atomic E-state index is 0.159. The predicted octanol–water partition coefficient (Wildman–Crippen LogP) is 2.64. The summed E-state index contributed by atoms with van der Waals surface area (Å²) in [5, 5.41) is 6.67. The Morgan fingerprint density at radius 1 is 1.20 bits per heavy atom. The molecule has 6 nitrogen and oxygen atoms in total. The summed E-state index contributed by atoms with van der Waals surface area (Å²) in [7, 11) is 0. The highest BCUT2D eigenvalue weighted by molar-refractivity contribution is 6.03. The van der Waals surface area contributed by atoms with Crippen LogP contribution < -0.4 is 10.7 Å². The molecule has 0 saturated heterocycles. The van der Waals surface area contributed by atoms with E-state index in [-0.39, 0.29) is 11.4 Å². The van der Waals surface area contributed by atoms with Gasteiger partial charge in [-0.1, -0.05) is 12.1 Å². The number of halogens is 1. The highest BCUT2D eigenvalue weighted by atomic mass is 19.1. The number of pyridine rings is 1. The van der Waals surface area contributed by atoms with Crippen molar-refractivity contribution in [3.05, 3.63) is 81.8 Å². The summed E-state index contributed by atoms with van der Waals surface area (Å²) in [6.07, 6.45) is 3.08. The first kappa shape index (κ1) is 16.5. The quantitative estimate of drug-likeness (QED) is 0.796. The number of carbonyl (C=O) groups is 1. The lowest BCUT2D eigenvalue weighted by molar-refractivity contribution is 0.101. The van der Waals surface area contributed by atoms with Crippen LogP contribution in [0.5, 0.6) is 0 Å². The fourth-order valence-electron chi connectivity index (χ4n) is 2.35. The number of carbonyl (C=O) groups excluding carboxylic acids is 1. The monoisotopic (exact) mass is 338 g/mol. The Morgan fingerprint density at radius 2 is 1.96 bits per heavy atom. The van der Waals surface area contributed by atoms with Gasteiger partial charge in [0, 0.05) is 18.0 Å². The number of rotatable bonds is 3. The first-order valence-electron chi connectivity index (χ1n) is 7.55. The van der Waals surface area contributed by atoms with Gasteiger partial charge in [-0.15, -0.1) is 0 Å². The third-order valence-corrected chi connectivity index (χ3v) is 3.69. The average Bonchev–Trinajstić information content (AvgIpc) is 2.58. The lowest BCUT2D eigenvalue weighted by Crippen LogP contribution is -2.27. The molecule has 0 atom stereocenters. The zero-order valence-electron chi connectivity index (χ0n) is 13.7. The number of benzene rings is 1. The van der Waals surface area contributed by atoms with Crippen molar-refractivity contribution in [2.24, 2.45) is 0 Å². The molecule has 0 saturated carbocycles. The van der Waals surface area contributed by atoms with Crippen molar-refractivity contribution in [1.29, 1.82) is 0 Å². The third kappa shape index (κ3) is 3.30. The zero-order chi connectivity index (χ0) is 18.0. The summed E-state index contributed by atoms with van der Waals surface area (Å²) < 4.78 is 15.3. The Balaban J connectivity index is 2.04. The molecule has 2 aromatic heterocycles. The number of para-hydroxylation sites is 1. The molecule has 0 aliphatic carbocycles. The molecule has 0 aliphatic rings. The standard InChI is InChI=1S/C18H15FN4O2/c1-11-7-8-20-10-14(11)21-18(25)17-16(24)9-12(2)23(22-17)15-6-4-3-5-13(15)19/h3-10H,1-2H3,(H,21,25). The molecule has 3 aromatic rings. The molecule has 0 unspecified atom stereocenters. The Kier molecular flexibility index (Phi) is 4.38. The van der Waals surface area contributed by atoms with Crippen molar-refractivity contribution in [3.63, 3.8) is 0 Å². The van der Waals surface area contributed by atoms with Gasteiger partial charge < -0.3 is 5.32 Å². The van der Waals surface area contributed by atoms with Crippen LogP contribution in [0.4, 0.5) is 10.1 Å². The summed E-state index contributed by atoms with van der Waals surface area (Å²) in [6.45, 7) is 3.42. The van der Waals surface area contributed by atoms with E-state index in [9.17, 15) is 14.0 Å². The molecule has 3 rings (SSSR count). The maximum absolute atomic E-state index is 14.0. The number of amides is 1. The number of hydrogen-bond donors (Lipinski definition) is 1. The highest BCUT2D eigenvalue weighted by Crippen LogP contribution is 2.14. The van der Waals surface area contributed by atoms with Gasteiger partial charge in [0.2, 0.25) is 5.43 Å². The van der Waals surface area contributed by atoms with Crippen LogP contribution in [0.3, 0.4) is 0 Å². The molecular formula is C18H15FN4O2. The van der Waals surface area contributed by atoms with Crippen LogP contribution in [0, 0.1) is 19.7 Å². The highest BCUT2D eigenvalue weighted by Gasteiger charge is 2.17. The lowest BCUT2D eigenvalue weighted by Gasteiger charge is -2.12. The zero-order valence-corrected chi connectivity index (χ0v) is 13.7. The molecule has 0 spiro atoms. The van der Waals surface area contributed by atoms with Gasteiger partial charge in [-0.05, 0) is 37.6 Å². The van der Waals surface area contributed by atoms with Crippen molar-refractivity contribution in [3.8, 4) is 5.69 Å². The molecule has 1 aromatic carbocycles. The van der Waals surface area contributed by atoms with E-state index in [1.54, 1.807) is 38.2 Å². The van der Waals surface area contributed by atoms with Crippen molar-refractivity contribution in [1.82, 2.24) is 14.8 Å². The Morgan fingerprint density at radius 3 is 2.68 bits per heavy atom. The normalized spacial score (nSPS) is 10.5.